The van der Waals surface area contributed by atoms with Gasteiger partial charge in [-0.05, 0) is 36.8 Å². The summed E-state index contributed by atoms with van der Waals surface area (Å²) >= 11 is 0. The standard InChI is InChI=1S/C19H17F2N3O2/c20-14-4-5-16(15(21)11-14)22-19(25)24-9-2-8-23-7-1-3-17(23)18(24)13-6-10-26-12-13/h1,3-7,10-12,18H,2,8-9H2,(H,22,25). The molecule has 7 heteroatoms. The summed E-state index contributed by atoms with van der Waals surface area (Å²) in [5.74, 6) is -1.50. The number of furan rings is 1. The number of benzene rings is 1. The molecule has 0 bridgehead atoms. The molecule has 1 atom stereocenters. The van der Waals surface area contributed by atoms with Crippen LogP contribution >= 0.6 is 0 Å². The molecular weight excluding hydrogens is 340 g/mol. The average molecular weight is 357 g/mol. The molecule has 1 aliphatic heterocycles. The van der Waals surface area contributed by atoms with E-state index in [-0.39, 0.29) is 11.7 Å². The molecule has 0 radical (unpaired) electrons. The number of halogens is 2. The van der Waals surface area contributed by atoms with E-state index in [0.29, 0.717) is 6.54 Å². The van der Waals surface area contributed by atoms with Crippen LogP contribution in [0.4, 0.5) is 19.3 Å². The van der Waals surface area contributed by atoms with Gasteiger partial charge in [-0.25, -0.2) is 13.6 Å². The van der Waals surface area contributed by atoms with E-state index in [9.17, 15) is 13.6 Å². The van der Waals surface area contributed by atoms with Crippen molar-refractivity contribution >= 4 is 11.7 Å². The molecule has 2 aromatic heterocycles. The molecule has 0 spiro atoms. The maximum atomic E-state index is 13.9. The summed E-state index contributed by atoms with van der Waals surface area (Å²) < 4.78 is 34.3. The number of nitrogens with one attached hydrogen (secondary N) is 1. The fourth-order valence-electron chi connectivity index (χ4n) is 3.36. The molecule has 134 valence electrons. The quantitative estimate of drug-likeness (QED) is 0.740. The molecule has 0 saturated carbocycles. The highest BCUT2D eigenvalue weighted by molar-refractivity contribution is 5.90. The summed E-state index contributed by atoms with van der Waals surface area (Å²) in [5, 5.41) is 2.56. The van der Waals surface area contributed by atoms with Gasteiger partial charge in [0.15, 0.2) is 0 Å². The Morgan fingerprint density at radius 2 is 2.08 bits per heavy atom. The third-order valence-corrected chi connectivity index (χ3v) is 4.55. The van der Waals surface area contributed by atoms with E-state index in [0.717, 1.165) is 36.4 Å². The summed E-state index contributed by atoms with van der Waals surface area (Å²) in [6.07, 6.45) is 5.90. The van der Waals surface area contributed by atoms with Crippen LogP contribution in [-0.2, 0) is 6.54 Å². The van der Waals surface area contributed by atoms with Crippen LogP contribution in [0.15, 0.2) is 59.5 Å². The van der Waals surface area contributed by atoms with Gasteiger partial charge in [0.25, 0.3) is 0 Å². The normalized spacial score (nSPS) is 16.8. The monoisotopic (exact) mass is 357 g/mol. The van der Waals surface area contributed by atoms with E-state index in [1.54, 1.807) is 17.4 Å². The molecule has 1 aromatic carbocycles. The molecule has 26 heavy (non-hydrogen) atoms. The highest BCUT2D eigenvalue weighted by Gasteiger charge is 2.31. The van der Waals surface area contributed by atoms with E-state index in [4.69, 9.17) is 4.42 Å². The summed E-state index contributed by atoms with van der Waals surface area (Å²) in [6.45, 7) is 1.28. The largest absolute Gasteiger partial charge is 0.472 e. The first-order valence-corrected chi connectivity index (χ1v) is 8.33. The molecule has 0 fully saturated rings. The number of carbonyl (C=O) groups excluding carboxylic acids is 1. The van der Waals surface area contributed by atoms with Gasteiger partial charge in [-0.1, -0.05) is 0 Å². The van der Waals surface area contributed by atoms with E-state index < -0.39 is 17.7 Å². The number of hydrogen-bond acceptors (Lipinski definition) is 2. The van der Waals surface area contributed by atoms with Crippen molar-refractivity contribution in [3.05, 3.63) is 78.0 Å². The smallest absolute Gasteiger partial charge is 0.322 e. The van der Waals surface area contributed by atoms with Gasteiger partial charge in [-0.3, -0.25) is 0 Å². The molecule has 4 rings (SSSR count). The van der Waals surface area contributed by atoms with Crippen LogP contribution < -0.4 is 5.32 Å². The lowest BCUT2D eigenvalue weighted by molar-refractivity contribution is 0.199. The predicted molar refractivity (Wildman–Crippen MR) is 91.7 cm³/mol. The molecule has 0 aliphatic carbocycles. The lowest BCUT2D eigenvalue weighted by Gasteiger charge is -2.29. The highest BCUT2D eigenvalue weighted by atomic mass is 19.1. The van der Waals surface area contributed by atoms with Crippen LogP contribution in [-0.4, -0.2) is 22.0 Å². The van der Waals surface area contributed by atoms with Gasteiger partial charge in [0.05, 0.1) is 18.2 Å². The SMILES string of the molecule is O=C(Nc1ccc(F)cc1F)N1CCCn2cccc2C1c1ccoc1. The van der Waals surface area contributed by atoms with Gasteiger partial charge < -0.3 is 19.2 Å². The van der Waals surface area contributed by atoms with Crippen molar-refractivity contribution in [2.45, 2.75) is 19.0 Å². The molecular formula is C19H17F2N3O2. The summed E-state index contributed by atoms with van der Waals surface area (Å²) in [7, 11) is 0. The third-order valence-electron chi connectivity index (χ3n) is 4.55. The molecule has 3 heterocycles. The fourth-order valence-corrected chi connectivity index (χ4v) is 3.36. The van der Waals surface area contributed by atoms with Crippen LogP contribution in [0.25, 0.3) is 0 Å². The second-order valence-electron chi connectivity index (χ2n) is 6.19. The maximum absolute atomic E-state index is 13.9. The Kier molecular flexibility index (Phi) is 4.20. The van der Waals surface area contributed by atoms with Crippen molar-refractivity contribution in [1.82, 2.24) is 9.47 Å². The zero-order chi connectivity index (χ0) is 18.1. The van der Waals surface area contributed by atoms with Crippen molar-refractivity contribution < 1.29 is 18.0 Å². The lowest BCUT2D eigenvalue weighted by Crippen LogP contribution is -2.38. The predicted octanol–water partition coefficient (Wildman–Crippen LogP) is 4.39. The van der Waals surface area contributed by atoms with Gasteiger partial charge in [0.2, 0.25) is 0 Å². The van der Waals surface area contributed by atoms with Crippen LogP contribution in [0.3, 0.4) is 0 Å². The Balaban J connectivity index is 1.68. The number of urea groups is 1. The Bertz CT molecular complexity index is 921. The lowest BCUT2D eigenvalue weighted by atomic mass is 10.1. The number of amides is 2. The van der Waals surface area contributed by atoms with Crippen molar-refractivity contribution in [2.75, 3.05) is 11.9 Å². The van der Waals surface area contributed by atoms with Crippen LogP contribution in [0.1, 0.15) is 23.7 Å². The topological polar surface area (TPSA) is 50.4 Å². The zero-order valence-electron chi connectivity index (χ0n) is 13.9. The minimum absolute atomic E-state index is 0.0537. The highest BCUT2D eigenvalue weighted by Crippen LogP contribution is 2.32. The minimum atomic E-state index is -0.809. The molecule has 3 aromatic rings. The first kappa shape index (κ1) is 16.4. The number of nitrogens with zero attached hydrogens (tertiary/aromatic N) is 2. The average Bonchev–Trinajstić information content (AvgIpc) is 3.27. The van der Waals surface area contributed by atoms with Crippen molar-refractivity contribution in [1.29, 1.82) is 0 Å². The molecule has 1 unspecified atom stereocenters. The van der Waals surface area contributed by atoms with Crippen LogP contribution in [0.2, 0.25) is 0 Å². The molecule has 1 aliphatic rings. The van der Waals surface area contributed by atoms with Gasteiger partial charge in [0.1, 0.15) is 17.7 Å². The first-order valence-electron chi connectivity index (χ1n) is 8.33. The zero-order valence-corrected chi connectivity index (χ0v) is 13.9. The minimum Gasteiger partial charge on any atom is -0.472 e. The Morgan fingerprint density at radius 3 is 2.85 bits per heavy atom. The van der Waals surface area contributed by atoms with Crippen molar-refractivity contribution in [3.8, 4) is 0 Å². The Morgan fingerprint density at radius 1 is 1.19 bits per heavy atom. The molecule has 2 amide bonds. The summed E-state index contributed by atoms with van der Waals surface area (Å²) in [5.41, 5.74) is 1.74. The van der Waals surface area contributed by atoms with Crippen molar-refractivity contribution in [3.63, 3.8) is 0 Å². The number of rotatable bonds is 2. The van der Waals surface area contributed by atoms with Gasteiger partial charge in [-0.15, -0.1) is 0 Å². The van der Waals surface area contributed by atoms with Crippen molar-refractivity contribution in [2.24, 2.45) is 0 Å². The van der Waals surface area contributed by atoms with E-state index in [1.165, 1.54) is 6.07 Å². The van der Waals surface area contributed by atoms with E-state index >= 15 is 0 Å². The Hall–Kier alpha value is -3.09. The number of aryl methyl sites for hydroxylation is 1. The second kappa shape index (κ2) is 6.67. The number of carbonyl (C=O) groups is 1. The second-order valence-corrected chi connectivity index (χ2v) is 6.19. The number of aromatic nitrogens is 1. The molecule has 5 nitrogen and oxygen atoms in total. The molecule has 1 N–H and O–H groups in total. The Labute approximate surface area is 148 Å². The van der Waals surface area contributed by atoms with Gasteiger partial charge in [0, 0.05) is 36.6 Å². The number of anilines is 1. The van der Waals surface area contributed by atoms with Gasteiger partial charge >= 0.3 is 6.03 Å². The van der Waals surface area contributed by atoms with Gasteiger partial charge in [-0.2, -0.15) is 0 Å². The van der Waals surface area contributed by atoms with Crippen LogP contribution in [0, 0.1) is 11.6 Å². The first-order chi connectivity index (χ1) is 12.6. The summed E-state index contributed by atoms with van der Waals surface area (Å²) in [4.78, 5) is 14.6. The number of fused-ring (bicyclic) bond motifs is 1. The van der Waals surface area contributed by atoms with E-state index in [1.807, 2.05) is 24.4 Å². The summed E-state index contributed by atoms with van der Waals surface area (Å²) in [6, 6.07) is 7.98. The van der Waals surface area contributed by atoms with E-state index in [2.05, 4.69) is 9.88 Å². The van der Waals surface area contributed by atoms with Crippen LogP contribution in [0.5, 0.6) is 0 Å². The molecule has 0 saturated heterocycles. The number of hydrogen-bond donors (Lipinski definition) is 1. The fraction of sp³-hybridized carbons (Fsp3) is 0.211. The third kappa shape index (κ3) is 2.96. The maximum Gasteiger partial charge on any atom is 0.322 e.